The molecule has 0 fully saturated rings. The van der Waals surface area contributed by atoms with Gasteiger partial charge in [-0.05, 0) is 43.7 Å². The van der Waals surface area contributed by atoms with Crippen molar-refractivity contribution < 1.29 is 4.79 Å². The fraction of sp³-hybridized carbons (Fsp3) is 0.174. The van der Waals surface area contributed by atoms with Gasteiger partial charge in [0.1, 0.15) is 5.15 Å². The zero-order valence-electron chi connectivity index (χ0n) is 17.5. The third kappa shape index (κ3) is 4.84. The van der Waals surface area contributed by atoms with Gasteiger partial charge in [-0.2, -0.15) is 5.10 Å². The van der Waals surface area contributed by atoms with Crippen molar-refractivity contribution in [2.24, 2.45) is 7.05 Å². The maximum atomic E-state index is 12.9. The average molecular weight is 452 g/mol. The average Bonchev–Trinajstić information content (AvgIpc) is 3.27. The first-order valence-corrected chi connectivity index (χ1v) is 10.9. The van der Waals surface area contributed by atoms with E-state index in [1.165, 1.54) is 5.56 Å². The summed E-state index contributed by atoms with van der Waals surface area (Å²) in [7, 11) is 1.95. The number of amides is 1. The zero-order valence-corrected chi connectivity index (χ0v) is 19.0. The van der Waals surface area contributed by atoms with Crippen LogP contribution in [0.1, 0.15) is 27.2 Å². The molecule has 0 aliphatic carbocycles. The molecule has 0 bridgehead atoms. The van der Waals surface area contributed by atoms with Crippen LogP contribution in [0.4, 0.5) is 5.69 Å². The van der Waals surface area contributed by atoms with Crippen LogP contribution in [0.2, 0.25) is 5.15 Å². The number of rotatable bonds is 6. The van der Waals surface area contributed by atoms with E-state index >= 15 is 0 Å². The third-order valence-electron chi connectivity index (χ3n) is 4.84. The molecule has 2 aromatic heterocycles. The van der Waals surface area contributed by atoms with Gasteiger partial charge in [0.15, 0.2) is 5.16 Å². The molecule has 1 amide bonds. The van der Waals surface area contributed by atoms with Crippen LogP contribution in [-0.2, 0) is 13.6 Å². The summed E-state index contributed by atoms with van der Waals surface area (Å²) < 4.78 is 3.61. The van der Waals surface area contributed by atoms with E-state index in [-0.39, 0.29) is 5.91 Å². The van der Waals surface area contributed by atoms with Crippen LogP contribution in [0, 0.1) is 13.8 Å². The van der Waals surface area contributed by atoms with Crippen LogP contribution in [0.15, 0.2) is 71.0 Å². The highest BCUT2D eigenvalue weighted by Crippen LogP contribution is 2.27. The van der Waals surface area contributed by atoms with Gasteiger partial charge >= 0.3 is 0 Å². The molecule has 0 saturated heterocycles. The fourth-order valence-electron chi connectivity index (χ4n) is 3.14. The number of hydrogen-bond acceptors (Lipinski definition) is 4. The number of carbonyl (C=O) groups excluding carboxylic acids is 1. The van der Waals surface area contributed by atoms with Crippen LogP contribution < -0.4 is 5.32 Å². The van der Waals surface area contributed by atoms with Crippen LogP contribution >= 0.6 is 23.4 Å². The number of anilines is 1. The minimum absolute atomic E-state index is 0.276. The van der Waals surface area contributed by atoms with E-state index in [0.717, 1.165) is 15.6 Å². The number of benzene rings is 2. The van der Waals surface area contributed by atoms with Gasteiger partial charge in [-0.3, -0.25) is 4.79 Å². The van der Waals surface area contributed by atoms with Gasteiger partial charge in [-0.25, -0.2) is 9.67 Å². The smallest absolute Gasteiger partial charge is 0.260 e. The lowest BCUT2D eigenvalue weighted by Crippen LogP contribution is -2.13. The van der Waals surface area contributed by atoms with E-state index < -0.39 is 0 Å². The zero-order chi connectivity index (χ0) is 22.0. The van der Waals surface area contributed by atoms with Crippen molar-refractivity contribution in [3.05, 3.63) is 88.5 Å². The van der Waals surface area contributed by atoms with Crippen LogP contribution in [0.5, 0.6) is 0 Å². The second-order valence-electron chi connectivity index (χ2n) is 7.30. The number of nitrogens with zero attached hydrogens (tertiary/aromatic N) is 4. The Labute approximate surface area is 190 Å². The number of aryl methyl sites for hydroxylation is 3. The highest BCUT2D eigenvalue weighted by Gasteiger charge is 2.20. The maximum absolute atomic E-state index is 12.9. The predicted molar refractivity (Wildman–Crippen MR) is 124 cm³/mol. The first kappa shape index (κ1) is 21.2. The molecular formula is C23H22ClN5OS. The minimum atomic E-state index is -0.276. The molecule has 2 aromatic carbocycles. The number of aromatic nitrogens is 4. The molecule has 0 spiro atoms. The lowest BCUT2D eigenvalue weighted by atomic mass is 10.1. The number of carbonyl (C=O) groups is 1. The van der Waals surface area contributed by atoms with E-state index in [4.69, 9.17) is 11.6 Å². The Morgan fingerprint density at radius 1 is 1.10 bits per heavy atom. The quantitative estimate of drug-likeness (QED) is 0.429. The summed E-state index contributed by atoms with van der Waals surface area (Å²) in [6, 6.07) is 15.8. The lowest BCUT2D eigenvalue weighted by molar-refractivity contribution is 0.102. The van der Waals surface area contributed by atoms with E-state index in [1.54, 1.807) is 29.6 Å². The Hall–Kier alpha value is -3.03. The van der Waals surface area contributed by atoms with Gasteiger partial charge in [-0.15, -0.1) is 0 Å². The Morgan fingerprint density at radius 2 is 1.81 bits per heavy atom. The van der Waals surface area contributed by atoms with Crippen LogP contribution in [0.3, 0.4) is 0 Å². The Kier molecular flexibility index (Phi) is 6.15. The van der Waals surface area contributed by atoms with Crippen molar-refractivity contribution in [3.8, 4) is 0 Å². The Bertz CT molecular complexity index is 1210. The summed E-state index contributed by atoms with van der Waals surface area (Å²) in [5.41, 5.74) is 3.94. The number of imidazole rings is 1. The summed E-state index contributed by atoms with van der Waals surface area (Å²) in [6.45, 7) is 4.34. The molecule has 0 radical (unpaired) electrons. The highest BCUT2D eigenvalue weighted by atomic mass is 35.5. The van der Waals surface area contributed by atoms with E-state index in [1.807, 2.05) is 73.3 Å². The van der Waals surface area contributed by atoms with Crippen LogP contribution in [0.25, 0.3) is 0 Å². The molecule has 8 heteroatoms. The summed E-state index contributed by atoms with van der Waals surface area (Å²) in [4.78, 5) is 18.2. The summed E-state index contributed by atoms with van der Waals surface area (Å²) in [6.07, 6.45) is 3.67. The van der Waals surface area contributed by atoms with E-state index in [0.29, 0.717) is 28.6 Å². The van der Waals surface area contributed by atoms with Crippen LogP contribution in [-0.4, -0.2) is 25.2 Å². The summed E-state index contributed by atoms with van der Waals surface area (Å²) in [5.74, 6) is -0.276. The first-order valence-electron chi connectivity index (χ1n) is 9.76. The van der Waals surface area contributed by atoms with Crippen molar-refractivity contribution in [1.82, 2.24) is 19.3 Å². The van der Waals surface area contributed by atoms with Gasteiger partial charge in [0, 0.05) is 30.0 Å². The first-order chi connectivity index (χ1) is 14.9. The molecule has 0 aliphatic heterocycles. The van der Waals surface area contributed by atoms with Crippen molar-refractivity contribution in [3.63, 3.8) is 0 Å². The predicted octanol–water partition coefficient (Wildman–Crippen LogP) is 5.34. The van der Waals surface area contributed by atoms with Gasteiger partial charge < -0.3 is 9.88 Å². The summed E-state index contributed by atoms with van der Waals surface area (Å²) >= 11 is 8.08. The Balaban J connectivity index is 1.46. The number of nitrogens with one attached hydrogen (secondary N) is 1. The molecule has 0 saturated carbocycles. The van der Waals surface area contributed by atoms with Gasteiger partial charge in [-0.1, -0.05) is 53.2 Å². The monoisotopic (exact) mass is 451 g/mol. The molecule has 4 rings (SSSR count). The molecule has 2 heterocycles. The molecule has 4 aromatic rings. The maximum Gasteiger partial charge on any atom is 0.260 e. The van der Waals surface area contributed by atoms with E-state index in [9.17, 15) is 4.79 Å². The highest BCUT2D eigenvalue weighted by molar-refractivity contribution is 7.99. The number of halogens is 1. The molecular weight excluding hydrogens is 430 g/mol. The topological polar surface area (TPSA) is 64.7 Å². The second-order valence-corrected chi connectivity index (χ2v) is 8.69. The van der Waals surface area contributed by atoms with Crippen molar-refractivity contribution in [1.29, 1.82) is 0 Å². The molecule has 0 atom stereocenters. The molecule has 0 unspecified atom stereocenters. The normalized spacial score (nSPS) is 11.0. The van der Waals surface area contributed by atoms with Gasteiger partial charge in [0.25, 0.3) is 5.91 Å². The number of hydrogen-bond donors (Lipinski definition) is 1. The van der Waals surface area contributed by atoms with Gasteiger partial charge in [0.2, 0.25) is 0 Å². The molecule has 31 heavy (non-hydrogen) atoms. The SMILES string of the molecule is Cc1ccc(Cn2nc(C)c(C(=O)Nc3ccc(Sc4nccn4C)cc3)c2Cl)cc1. The minimum Gasteiger partial charge on any atom is -0.329 e. The standard InChI is InChI=1S/C23H22ClN5OS/c1-15-4-6-17(7-5-15)14-29-21(24)20(16(2)27-29)22(30)26-18-8-10-19(11-9-18)31-23-25-12-13-28(23)3/h4-13H,14H2,1-3H3,(H,26,30). The van der Waals surface area contributed by atoms with Crippen molar-refractivity contribution in [2.45, 2.75) is 30.4 Å². The van der Waals surface area contributed by atoms with Crippen molar-refractivity contribution >= 4 is 35.0 Å². The van der Waals surface area contributed by atoms with Crippen molar-refractivity contribution in [2.75, 3.05) is 5.32 Å². The lowest BCUT2D eigenvalue weighted by Gasteiger charge is -2.07. The molecule has 0 aliphatic rings. The molecule has 158 valence electrons. The summed E-state index contributed by atoms with van der Waals surface area (Å²) in [5, 5.41) is 8.62. The third-order valence-corrected chi connectivity index (χ3v) is 6.31. The second kappa shape index (κ2) is 8.99. The fourth-order valence-corrected chi connectivity index (χ4v) is 4.26. The molecule has 6 nitrogen and oxygen atoms in total. The van der Waals surface area contributed by atoms with E-state index in [2.05, 4.69) is 15.4 Å². The van der Waals surface area contributed by atoms with Gasteiger partial charge in [0.05, 0.1) is 17.8 Å². The largest absolute Gasteiger partial charge is 0.329 e. The molecule has 1 N–H and O–H groups in total. The Morgan fingerprint density at radius 3 is 2.45 bits per heavy atom.